The van der Waals surface area contributed by atoms with Crippen molar-refractivity contribution in [3.8, 4) is 0 Å². The summed E-state index contributed by atoms with van der Waals surface area (Å²) in [6, 6.07) is 13.8. The molecule has 6 heteroatoms. The zero-order valence-electron chi connectivity index (χ0n) is 16.3. The lowest BCUT2D eigenvalue weighted by molar-refractivity contribution is 0.00688. The van der Waals surface area contributed by atoms with Gasteiger partial charge >= 0.3 is 0 Å². The van der Waals surface area contributed by atoms with Gasteiger partial charge in [-0.05, 0) is 49.2 Å². The predicted molar refractivity (Wildman–Crippen MR) is 105 cm³/mol. The van der Waals surface area contributed by atoms with E-state index in [0.29, 0.717) is 25.3 Å². The Morgan fingerprint density at radius 2 is 1.04 bits per heavy atom. The van der Waals surface area contributed by atoms with Crippen LogP contribution in [0.1, 0.15) is 37.2 Å². The Hall–Kier alpha value is -1.86. The highest BCUT2D eigenvalue weighted by Gasteiger charge is 2.20. The lowest BCUT2D eigenvalue weighted by Crippen LogP contribution is -2.40. The molecule has 2 fully saturated rings. The smallest absolute Gasteiger partial charge is 0.123 e. The lowest BCUT2D eigenvalue weighted by atomic mass is 10.1. The molecule has 1 unspecified atom stereocenters. The summed E-state index contributed by atoms with van der Waals surface area (Å²) in [4.78, 5) is 0. The second-order valence-corrected chi connectivity index (χ2v) is 7.37. The van der Waals surface area contributed by atoms with Gasteiger partial charge in [0.05, 0.1) is 25.4 Å². The van der Waals surface area contributed by atoms with E-state index in [1.165, 1.54) is 24.3 Å². The molecule has 0 bridgehead atoms. The molecule has 2 aromatic carbocycles. The summed E-state index contributed by atoms with van der Waals surface area (Å²) in [5, 5.41) is 6.65. The SMILES string of the molecule is C[C@H]1COC(c2ccc(F)cc2)CN1.C[C@H]1CO[C@H](c2ccc(F)cc2)CN1. The lowest BCUT2D eigenvalue weighted by Gasteiger charge is -2.28. The molecule has 4 atom stereocenters. The van der Waals surface area contributed by atoms with Crippen molar-refractivity contribution >= 4 is 0 Å². The largest absolute Gasteiger partial charge is 0.371 e. The molecule has 0 aliphatic carbocycles. The van der Waals surface area contributed by atoms with Gasteiger partial charge < -0.3 is 20.1 Å². The van der Waals surface area contributed by atoms with Crippen molar-refractivity contribution in [1.82, 2.24) is 10.6 Å². The first kappa shape index (κ1) is 20.9. The van der Waals surface area contributed by atoms with Crippen molar-refractivity contribution in [2.45, 2.75) is 38.1 Å². The number of halogens is 2. The van der Waals surface area contributed by atoms with Gasteiger partial charge in [0.15, 0.2) is 0 Å². The standard InChI is InChI=1S/2C11H14FNO/c2*1-8-7-14-11(6-13-8)9-2-4-10(12)5-3-9/h2*2-5,8,11,13H,6-7H2,1H3/t8-,11?;8-,11-/m00/s1. The fourth-order valence-electron chi connectivity index (χ4n) is 3.16. The monoisotopic (exact) mass is 390 g/mol. The Morgan fingerprint density at radius 3 is 1.32 bits per heavy atom. The molecule has 28 heavy (non-hydrogen) atoms. The van der Waals surface area contributed by atoms with E-state index in [4.69, 9.17) is 9.47 Å². The molecular weight excluding hydrogens is 362 g/mol. The molecule has 0 aromatic heterocycles. The predicted octanol–water partition coefficient (Wildman–Crippen LogP) is 3.75. The average molecular weight is 390 g/mol. The maximum absolute atomic E-state index is 12.7. The molecule has 4 rings (SSSR count). The van der Waals surface area contributed by atoms with E-state index in [1.807, 2.05) is 0 Å². The van der Waals surface area contributed by atoms with Crippen LogP contribution in [0, 0.1) is 11.6 Å². The van der Waals surface area contributed by atoms with E-state index >= 15 is 0 Å². The second kappa shape index (κ2) is 10.1. The van der Waals surface area contributed by atoms with Crippen LogP contribution in [-0.2, 0) is 9.47 Å². The van der Waals surface area contributed by atoms with Gasteiger partial charge in [0.1, 0.15) is 11.6 Å². The molecule has 2 aliphatic rings. The Kier molecular flexibility index (Phi) is 7.50. The highest BCUT2D eigenvalue weighted by Crippen LogP contribution is 2.21. The number of benzene rings is 2. The summed E-state index contributed by atoms with van der Waals surface area (Å²) in [6.45, 7) is 7.19. The van der Waals surface area contributed by atoms with Crippen LogP contribution >= 0.6 is 0 Å². The maximum atomic E-state index is 12.7. The molecular formula is C22H28F2N2O2. The van der Waals surface area contributed by atoms with Gasteiger partial charge in [-0.2, -0.15) is 0 Å². The summed E-state index contributed by atoms with van der Waals surface area (Å²) in [7, 11) is 0. The van der Waals surface area contributed by atoms with Gasteiger partial charge in [-0.15, -0.1) is 0 Å². The minimum absolute atomic E-state index is 0.0619. The number of hydrogen-bond acceptors (Lipinski definition) is 4. The first-order chi connectivity index (χ1) is 13.5. The molecule has 0 spiro atoms. The molecule has 2 aromatic rings. The van der Waals surface area contributed by atoms with E-state index in [2.05, 4.69) is 24.5 Å². The van der Waals surface area contributed by atoms with Crippen LogP contribution in [0.3, 0.4) is 0 Å². The van der Waals surface area contributed by atoms with Crippen LogP contribution in [-0.4, -0.2) is 38.4 Å². The van der Waals surface area contributed by atoms with Gasteiger partial charge in [-0.25, -0.2) is 8.78 Å². The van der Waals surface area contributed by atoms with Gasteiger partial charge in [-0.1, -0.05) is 24.3 Å². The highest BCUT2D eigenvalue weighted by molar-refractivity contribution is 5.20. The first-order valence-corrected chi connectivity index (χ1v) is 9.72. The minimum atomic E-state index is -0.203. The van der Waals surface area contributed by atoms with Crippen molar-refractivity contribution in [2.75, 3.05) is 26.3 Å². The normalized spacial score (nSPS) is 27.6. The van der Waals surface area contributed by atoms with E-state index in [0.717, 1.165) is 24.2 Å². The summed E-state index contributed by atoms with van der Waals surface area (Å²) < 4.78 is 36.6. The van der Waals surface area contributed by atoms with E-state index in [-0.39, 0.29) is 23.8 Å². The van der Waals surface area contributed by atoms with Crippen LogP contribution in [0.5, 0.6) is 0 Å². The first-order valence-electron chi connectivity index (χ1n) is 9.72. The van der Waals surface area contributed by atoms with Crippen LogP contribution in [0.25, 0.3) is 0 Å². The third-order valence-electron chi connectivity index (χ3n) is 4.88. The van der Waals surface area contributed by atoms with E-state index in [9.17, 15) is 8.78 Å². The fraction of sp³-hybridized carbons (Fsp3) is 0.455. The molecule has 2 saturated heterocycles. The van der Waals surface area contributed by atoms with Gasteiger partial charge in [-0.3, -0.25) is 0 Å². The summed E-state index contributed by atoms with van der Waals surface area (Å²) in [5.41, 5.74) is 2.07. The number of nitrogens with one attached hydrogen (secondary N) is 2. The quantitative estimate of drug-likeness (QED) is 0.820. The van der Waals surface area contributed by atoms with Crippen molar-refractivity contribution < 1.29 is 18.3 Å². The van der Waals surface area contributed by atoms with Crippen LogP contribution < -0.4 is 10.6 Å². The molecule has 152 valence electrons. The van der Waals surface area contributed by atoms with E-state index in [1.54, 1.807) is 24.3 Å². The summed E-state index contributed by atoms with van der Waals surface area (Å²) in [6.07, 6.45) is 0.124. The highest BCUT2D eigenvalue weighted by atomic mass is 19.1. The number of morpholine rings is 2. The fourth-order valence-corrected chi connectivity index (χ4v) is 3.16. The second-order valence-electron chi connectivity index (χ2n) is 7.37. The molecule has 0 amide bonds. The zero-order valence-corrected chi connectivity index (χ0v) is 16.3. The maximum Gasteiger partial charge on any atom is 0.123 e. The Balaban J connectivity index is 0.000000161. The third kappa shape index (κ3) is 6.07. The van der Waals surface area contributed by atoms with Crippen LogP contribution in [0.4, 0.5) is 8.78 Å². The number of rotatable bonds is 2. The van der Waals surface area contributed by atoms with Gasteiger partial charge in [0.25, 0.3) is 0 Å². The Bertz CT molecular complexity index is 645. The van der Waals surface area contributed by atoms with Crippen molar-refractivity contribution in [3.05, 3.63) is 71.3 Å². The topological polar surface area (TPSA) is 42.5 Å². The van der Waals surface area contributed by atoms with Crippen LogP contribution in [0.15, 0.2) is 48.5 Å². The minimum Gasteiger partial charge on any atom is -0.371 e. The molecule has 2 N–H and O–H groups in total. The Labute approximate surface area is 165 Å². The Morgan fingerprint density at radius 1 is 0.679 bits per heavy atom. The molecule has 2 aliphatic heterocycles. The van der Waals surface area contributed by atoms with Gasteiger partial charge in [0, 0.05) is 25.2 Å². The molecule has 0 saturated carbocycles. The average Bonchev–Trinajstić information content (AvgIpc) is 2.71. The van der Waals surface area contributed by atoms with Crippen molar-refractivity contribution in [1.29, 1.82) is 0 Å². The zero-order chi connectivity index (χ0) is 19.9. The summed E-state index contributed by atoms with van der Waals surface area (Å²) >= 11 is 0. The van der Waals surface area contributed by atoms with Gasteiger partial charge in [0.2, 0.25) is 0 Å². The van der Waals surface area contributed by atoms with Crippen LogP contribution in [0.2, 0.25) is 0 Å². The van der Waals surface area contributed by atoms with Crippen molar-refractivity contribution in [2.24, 2.45) is 0 Å². The van der Waals surface area contributed by atoms with E-state index < -0.39 is 0 Å². The molecule has 0 radical (unpaired) electrons. The van der Waals surface area contributed by atoms with Crippen molar-refractivity contribution in [3.63, 3.8) is 0 Å². The molecule has 2 heterocycles. The summed E-state index contributed by atoms with van der Waals surface area (Å²) in [5.74, 6) is -0.406. The molecule has 4 nitrogen and oxygen atoms in total. The number of ether oxygens (including phenoxy) is 2. The third-order valence-corrected chi connectivity index (χ3v) is 4.88. The number of hydrogen-bond donors (Lipinski definition) is 2.